The molecule has 0 aliphatic carbocycles. The molecule has 0 bridgehead atoms. The number of halogens is 1. The van der Waals surface area contributed by atoms with E-state index in [4.69, 9.17) is 4.74 Å². The van der Waals surface area contributed by atoms with E-state index in [0.717, 1.165) is 0 Å². The van der Waals surface area contributed by atoms with E-state index in [-0.39, 0.29) is 9.88 Å². The fourth-order valence-electron chi connectivity index (χ4n) is 2.34. The highest BCUT2D eigenvalue weighted by molar-refractivity contribution is 7.17. The lowest BCUT2D eigenvalue weighted by atomic mass is 10.1. The summed E-state index contributed by atoms with van der Waals surface area (Å²) in [6, 6.07) is 15.9. The van der Waals surface area contributed by atoms with Gasteiger partial charge in [-0.25, -0.2) is 9.18 Å². The molecule has 0 fully saturated rings. The van der Waals surface area contributed by atoms with E-state index in [2.05, 4.69) is 5.32 Å². The summed E-state index contributed by atoms with van der Waals surface area (Å²) in [6.45, 7) is 0. The van der Waals surface area contributed by atoms with E-state index in [1.165, 1.54) is 36.4 Å². The van der Waals surface area contributed by atoms with Crippen LogP contribution in [0.2, 0.25) is 0 Å². The summed E-state index contributed by atoms with van der Waals surface area (Å²) in [5.74, 6) is -1.96. The van der Waals surface area contributed by atoms with E-state index >= 15 is 0 Å². The number of nitrogens with zero attached hydrogens (tertiary/aromatic N) is 1. The second-order valence-electron chi connectivity index (χ2n) is 5.59. The number of nitrogens with one attached hydrogen (secondary N) is 1. The Morgan fingerprint density at radius 3 is 2.32 bits per heavy atom. The molecule has 7 nitrogen and oxygen atoms in total. The summed E-state index contributed by atoms with van der Waals surface area (Å²) in [4.78, 5) is 35.3. The van der Waals surface area contributed by atoms with Crippen LogP contribution in [-0.4, -0.2) is 16.8 Å². The fraction of sp³-hybridized carbons (Fsp3) is 0.0526. The number of carbonyl (C=O) groups is 2. The van der Waals surface area contributed by atoms with Crippen molar-refractivity contribution in [3.63, 3.8) is 0 Å². The molecule has 3 aromatic rings. The first-order chi connectivity index (χ1) is 13.4. The smallest absolute Gasteiger partial charge is 0.349 e. The Labute approximate surface area is 162 Å². The van der Waals surface area contributed by atoms with Crippen molar-refractivity contribution < 1.29 is 23.6 Å². The van der Waals surface area contributed by atoms with Gasteiger partial charge in [0.15, 0.2) is 0 Å². The molecule has 1 atom stereocenters. The van der Waals surface area contributed by atoms with Gasteiger partial charge in [0.25, 0.3) is 5.91 Å². The second-order valence-corrected chi connectivity index (χ2v) is 6.65. The van der Waals surface area contributed by atoms with Gasteiger partial charge in [0.1, 0.15) is 10.7 Å². The summed E-state index contributed by atoms with van der Waals surface area (Å²) < 4.78 is 18.4. The number of rotatable bonds is 6. The van der Waals surface area contributed by atoms with Gasteiger partial charge in [0, 0.05) is 17.3 Å². The maximum Gasteiger partial charge on any atom is 0.349 e. The normalized spacial score (nSPS) is 11.5. The van der Waals surface area contributed by atoms with Crippen LogP contribution in [0.1, 0.15) is 21.3 Å². The lowest BCUT2D eigenvalue weighted by Crippen LogP contribution is -2.25. The van der Waals surface area contributed by atoms with Gasteiger partial charge in [0.05, 0.1) is 4.92 Å². The molecule has 28 heavy (non-hydrogen) atoms. The zero-order chi connectivity index (χ0) is 20.1. The van der Waals surface area contributed by atoms with Crippen LogP contribution < -0.4 is 5.32 Å². The zero-order valence-electron chi connectivity index (χ0n) is 14.2. The van der Waals surface area contributed by atoms with Gasteiger partial charge in [-0.1, -0.05) is 41.7 Å². The molecule has 1 heterocycles. The summed E-state index contributed by atoms with van der Waals surface area (Å²) >= 11 is 0.657. The number of amides is 1. The Morgan fingerprint density at radius 2 is 1.71 bits per heavy atom. The van der Waals surface area contributed by atoms with E-state index in [1.54, 1.807) is 30.3 Å². The van der Waals surface area contributed by atoms with Gasteiger partial charge in [-0.05, 0) is 30.3 Å². The summed E-state index contributed by atoms with van der Waals surface area (Å²) in [7, 11) is 0. The summed E-state index contributed by atoms with van der Waals surface area (Å²) in [5, 5.41) is 13.1. The largest absolute Gasteiger partial charge is 0.443 e. The molecular formula is C19H13FN2O5S. The van der Waals surface area contributed by atoms with Crippen LogP contribution in [0.5, 0.6) is 0 Å². The number of thiophene rings is 1. The molecule has 0 aliphatic heterocycles. The van der Waals surface area contributed by atoms with E-state index < -0.39 is 28.7 Å². The number of carbonyl (C=O) groups excluding carboxylic acids is 2. The third-order valence-corrected chi connectivity index (χ3v) is 4.67. The minimum absolute atomic E-state index is 0.00205. The molecule has 0 aliphatic rings. The maximum absolute atomic E-state index is 13.0. The van der Waals surface area contributed by atoms with Gasteiger partial charge in [0.2, 0.25) is 6.10 Å². The van der Waals surface area contributed by atoms with Crippen LogP contribution in [0.3, 0.4) is 0 Å². The van der Waals surface area contributed by atoms with E-state index in [0.29, 0.717) is 22.6 Å². The van der Waals surface area contributed by atoms with E-state index in [1.807, 2.05) is 0 Å². The number of esters is 1. The molecule has 2 aromatic carbocycles. The number of nitro groups is 1. The molecule has 1 amide bonds. The lowest BCUT2D eigenvalue weighted by molar-refractivity contribution is -0.380. The Morgan fingerprint density at radius 1 is 1.04 bits per heavy atom. The van der Waals surface area contributed by atoms with Crippen LogP contribution in [0, 0.1) is 15.9 Å². The Balaban J connectivity index is 1.82. The van der Waals surface area contributed by atoms with Gasteiger partial charge < -0.3 is 10.1 Å². The summed E-state index contributed by atoms with van der Waals surface area (Å²) in [5.41, 5.74) is 0.747. The van der Waals surface area contributed by atoms with Crippen molar-refractivity contribution >= 4 is 33.9 Å². The van der Waals surface area contributed by atoms with Gasteiger partial charge in [-0.3, -0.25) is 14.9 Å². The molecular weight excluding hydrogens is 387 g/mol. The maximum atomic E-state index is 13.0. The molecule has 0 saturated carbocycles. The van der Waals surface area contributed by atoms with Crippen molar-refractivity contribution in [2.75, 3.05) is 5.32 Å². The second kappa shape index (κ2) is 8.40. The SMILES string of the molecule is O=C(O[C@H](C(=O)Nc1ccc(F)cc1)c1ccccc1)c1ccc([N+](=O)[O-])s1. The highest BCUT2D eigenvalue weighted by Gasteiger charge is 2.27. The van der Waals surface area contributed by atoms with Crippen LogP contribution in [0.4, 0.5) is 15.1 Å². The summed E-state index contributed by atoms with van der Waals surface area (Å²) in [6.07, 6.45) is -1.29. The number of hydrogen-bond acceptors (Lipinski definition) is 6. The monoisotopic (exact) mass is 400 g/mol. The molecule has 142 valence electrons. The Bertz CT molecular complexity index is 1000. The average molecular weight is 400 g/mol. The quantitative estimate of drug-likeness (QED) is 0.377. The van der Waals surface area contributed by atoms with Gasteiger partial charge in [-0.15, -0.1) is 0 Å². The first-order valence-corrected chi connectivity index (χ1v) is 8.82. The van der Waals surface area contributed by atoms with Crippen LogP contribution >= 0.6 is 11.3 Å². The van der Waals surface area contributed by atoms with Crippen molar-refractivity contribution in [1.29, 1.82) is 0 Å². The zero-order valence-corrected chi connectivity index (χ0v) is 15.0. The first-order valence-electron chi connectivity index (χ1n) is 8.00. The fourth-order valence-corrected chi connectivity index (χ4v) is 3.05. The molecule has 0 saturated heterocycles. The lowest BCUT2D eigenvalue weighted by Gasteiger charge is -2.17. The van der Waals surface area contributed by atoms with Crippen molar-refractivity contribution in [3.05, 3.63) is 93.1 Å². The Kier molecular flexibility index (Phi) is 5.75. The minimum atomic E-state index is -1.29. The van der Waals surface area contributed by atoms with Crippen molar-refractivity contribution in [3.8, 4) is 0 Å². The van der Waals surface area contributed by atoms with Crippen LogP contribution in [-0.2, 0) is 9.53 Å². The number of anilines is 1. The van der Waals surface area contributed by atoms with Gasteiger partial charge >= 0.3 is 11.0 Å². The predicted octanol–water partition coefficient (Wildman–Crippen LogP) is 4.33. The Hall–Kier alpha value is -3.59. The molecule has 0 unspecified atom stereocenters. The average Bonchev–Trinajstić information content (AvgIpc) is 3.19. The topological polar surface area (TPSA) is 98.5 Å². The standard InChI is InChI=1S/C19H13FN2O5S/c20-13-6-8-14(9-7-13)21-18(23)17(12-4-2-1-3-5-12)27-19(24)15-10-11-16(28-15)22(25)26/h1-11,17H,(H,21,23)/t17-/m0/s1. The highest BCUT2D eigenvalue weighted by Crippen LogP contribution is 2.27. The number of ether oxygens (including phenoxy) is 1. The molecule has 1 aromatic heterocycles. The molecule has 1 N–H and O–H groups in total. The van der Waals surface area contributed by atoms with Crippen molar-refractivity contribution in [2.45, 2.75) is 6.10 Å². The first kappa shape index (κ1) is 19.2. The molecule has 9 heteroatoms. The third kappa shape index (κ3) is 4.57. The van der Waals surface area contributed by atoms with Gasteiger partial charge in [-0.2, -0.15) is 0 Å². The highest BCUT2D eigenvalue weighted by atomic mass is 32.1. The molecule has 3 rings (SSSR count). The number of benzene rings is 2. The van der Waals surface area contributed by atoms with Crippen LogP contribution in [0.15, 0.2) is 66.7 Å². The number of hydrogen-bond donors (Lipinski definition) is 1. The van der Waals surface area contributed by atoms with Crippen molar-refractivity contribution in [1.82, 2.24) is 0 Å². The van der Waals surface area contributed by atoms with Crippen LogP contribution in [0.25, 0.3) is 0 Å². The minimum Gasteiger partial charge on any atom is -0.443 e. The van der Waals surface area contributed by atoms with E-state index in [9.17, 15) is 24.1 Å². The third-order valence-electron chi connectivity index (χ3n) is 3.65. The predicted molar refractivity (Wildman–Crippen MR) is 101 cm³/mol. The molecule has 0 radical (unpaired) electrons. The van der Waals surface area contributed by atoms with Crippen molar-refractivity contribution in [2.24, 2.45) is 0 Å². The molecule has 0 spiro atoms.